The van der Waals surface area contributed by atoms with Crippen molar-refractivity contribution in [2.75, 3.05) is 0 Å². The van der Waals surface area contributed by atoms with Crippen LogP contribution < -0.4 is 20.2 Å². The molecule has 0 saturated heterocycles. The summed E-state index contributed by atoms with van der Waals surface area (Å²) in [6, 6.07) is 4.92. The van der Waals surface area contributed by atoms with E-state index in [0.29, 0.717) is 22.0 Å². The minimum absolute atomic E-state index is 0.00569. The number of aryl methyl sites for hydroxylation is 2. The highest BCUT2D eigenvalue weighted by Crippen LogP contribution is 2.34. The number of aromatic amines is 1. The smallest absolute Gasteiger partial charge is 0.247 e. The summed E-state index contributed by atoms with van der Waals surface area (Å²) in [5.74, 6) is -0.112. The van der Waals surface area contributed by atoms with Gasteiger partial charge in [0, 0.05) is 22.2 Å². The maximum absolute atomic E-state index is 14.9. The first-order valence-electron chi connectivity index (χ1n) is 8.87. The van der Waals surface area contributed by atoms with E-state index in [2.05, 4.69) is 20.5 Å². The van der Waals surface area contributed by atoms with E-state index in [1.807, 2.05) is 6.92 Å². The van der Waals surface area contributed by atoms with Crippen molar-refractivity contribution < 1.29 is 22.4 Å². The number of hydrogen-bond donors (Lipinski definition) is 3. The third-order valence-electron chi connectivity index (χ3n) is 4.62. The Morgan fingerprint density at radius 2 is 2.07 bits per heavy atom. The van der Waals surface area contributed by atoms with Crippen LogP contribution in [-0.2, 0) is 10.0 Å². The van der Waals surface area contributed by atoms with Crippen LogP contribution in [-0.4, -0.2) is 33.4 Å². The molecule has 0 bridgehead atoms. The number of sulfonamides is 1. The normalized spacial score (nSPS) is 13.1. The Bertz CT molecular complexity index is 1360. The molecular formula is C18H19FN6O4S. The van der Waals surface area contributed by atoms with Crippen LogP contribution in [0, 0.1) is 19.7 Å². The van der Waals surface area contributed by atoms with Crippen molar-refractivity contribution in [1.29, 1.82) is 0 Å². The van der Waals surface area contributed by atoms with Crippen molar-refractivity contribution in [2.24, 2.45) is 5.14 Å². The number of hydrogen-bond acceptors (Lipinski definition) is 7. The Morgan fingerprint density at radius 1 is 1.30 bits per heavy atom. The molecule has 4 aromatic rings. The number of nitrogens with zero attached hydrogens (tertiary/aromatic N) is 3. The van der Waals surface area contributed by atoms with Gasteiger partial charge in [-0.25, -0.2) is 22.5 Å². The fourth-order valence-electron chi connectivity index (χ4n) is 2.97. The van der Waals surface area contributed by atoms with Crippen molar-refractivity contribution >= 4 is 26.4 Å². The Morgan fingerprint density at radius 3 is 2.80 bits per heavy atom. The van der Waals surface area contributed by atoms with Gasteiger partial charge in [0.1, 0.15) is 11.8 Å². The van der Waals surface area contributed by atoms with Gasteiger partial charge >= 0.3 is 0 Å². The molecule has 30 heavy (non-hydrogen) atoms. The standard InChI is InChI=1S/C18H19FN6O4S/c1-9-6-12-13(23-9)4-5-14(16(12)19)28-18-17-10(2)15(7-25(17)22-8-21-18)29-24-11(3)30(20,26)27/h4-8,11,23-24H,1-3H3,(H2,20,26,27). The van der Waals surface area contributed by atoms with Crippen LogP contribution in [0.1, 0.15) is 18.2 Å². The van der Waals surface area contributed by atoms with E-state index in [-0.39, 0.29) is 17.4 Å². The Balaban J connectivity index is 1.69. The van der Waals surface area contributed by atoms with E-state index in [0.717, 1.165) is 5.69 Å². The third-order valence-corrected chi connectivity index (χ3v) is 5.70. The van der Waals surface area contributed by atoms with Crippen molar-refractivity contribution in [2.45, 2.75) is 26.1 Å². The van der Waals surface area contributed by atoms with Crippen LogP contribution in [0.4, 0.5) is 4.39 Å². The number of ether oxygens (including phenoxy) is 1. The second kappa shape index (κ2) is 7.23. The van der Waals surface area contributed by atoms with E-state index >= 15 is 0 Å². The molecule has 12 heteroatoms. The fraction of sp³-hybridized carbons (Fsp3) is 0.222. The quantitative estimate of drug-likeness (QED) is 0.396. The number of hydroxylamine groups is 1. The zero-order valence-electron chi connectivity index (χ0n) is 16.3. The van der Waals surface area contributed by atoms with Crippen molar-refractivity contribution in [3.8, 4) is 17.4 Å². The summed E-state index contributed by atoms with van der Waals surface area (Å²) in [5, 5.41) is 8.44. The van der Waals surface area contributed by atoms with Crippen LogP contribution in [0.25, 0.3) is 16.4 Å². The van der Waals surface area contributed by atoms with Crippen LogP contribution in [0.5, 0.6) is 17.4 Å². The predicted octanol–water partition coefficient (Wildman–Crippen LogP) is 2.28. The molecule has 1 unspecified atom stereocenters. The number of nitrogens with two attached hydrogens (primary N) is 1. The SMILES string of the molecule is Cc1cc2c(F)c(Oc3ncnn4cc(ONC(C)S(N)(=O)=O)c(C)c34)ccc2[nH]1. The maximum atomic E-state index is 14.9. The molecule has 0 spiro atoms. The molecule has 0 amide bonds. The maximum Gasteiger partial charge on any atom is 0.247 e. The summed E-state index contributed by atoms with van der Waals surface area (Å²) in [6.07, 6.45) is 2.76. The Hall–Kier alpha value is -3.22. The van der Waals surface area contributed by atoms with E-state index < -0.39 is 21.2 Å². The minimum Gasteiger partial charge on any atom is -0.434 e. The summed E-state index contributed by atoms with van der Waals surface area (Å²) < 4.78 is 44.8. The van der Waals surface area contributed by atoms with E-state index in [4.69, 9.17) is 14.7 Å². The topological polar surface area (TPSA) is 137 Å². The summed E-state index contributed by atoms with van der Waals surface area (Å²) >= 11 is 0. The monoisotopic (exact) mass is 434 g/mol. The van der Waals surface area contributed by atoms with Gasteiger partial charge in [-0.15, -0.1) is 5.48 Å². The van der Waals surface area contributed by atoms with Gasteiger partial charge in [0.05, 0.1) is 6.20 Å². The van der Waals surface area contributed by atoms with Gasteiger partial charge in [0.25, 0.3) is 0 Å². The molecule has 1 atom stereocenters. The molecule has 158 valence electrons. The van der Waals surface area contributed by atoms with Gasteiger partial charge in [-0.1, -0.05) is 0 Å². The lowest BCUT2D eigenvalue weighted by Crippen LogP contribution is -2.40. The zero-order valence-corrected chi connectivity index (χ0v) is 17.1. The molecule has 0 radical (unpaired) electrons. The molecule has 0 aliphatic carbocycles. The van der Waals surface area contributed by atoms with Gasteiger partial charge < -0.3 is 14.6 Å². The average Bonchev–Trinajstić information content (AvgIpc) is 3.22. The molecule has 3 heterocycles. The summed E-state index contributed by atoms with van der Waals surface area (Å²) in [6.45, 7) is 4.89. The van der Waals surface area contributed by atoms with Gasteiger partial charge in [0.15, 0.2) is 22.7 Å². The highest BCUT2D eigenvalue weighted by molar-refractivity contribution is 7.89. The highest BCUT2D eigenvalue weighted by Gasteiger charge is 2.20. The number of aromatic nitrogens is 4. The number of rotatable bonds is 6. The molecule has 0 fully saturated rings. The lowest BCUT2D eigenvalue weighted by atomic mass is 10.2. The van der Waals surface area contributed by atoms with Crippen LogP contribution >= 0.6 is 0 Å². The van der Waals surface area contributed by atoms with Crippen molar-refractivity contribution in [1.82, 2.24) is 25.1 Å². The molecule has 0 aliphatic rings. The summed E-state index contributed by atoms with van der Waals surface area (Å²) in [4.78, 5) is 12.6. The van der Waals surface area contributed by atoms with E-state index in [1.54, 1.807) is 19.1 Å². The molecule has 0 aliphatic heterocycles. The first-order chi connectivity index (χ1) is 14.1. The second-order valence-corrected chi connectivity index (χ2v) is 8.71. The zero-order chi connectivity index (χ0) is 21.6. The molecule has 4 rings (SSSR count). The Labute approximate surface area is 170 Å². The molecule has 10 nitrogen and oxygen atoms in total. The molecule has 1 aromatic carbocycles. The minimum atomic E-state index is -3.83. The van der Waals surface area contributed by atoms with Gasteiger partial charge in [-0.2, -0.15) is 10.1 Å². The Kier molecular flexibility index (Phi) is 4.84. The van der Waals surface area contributed by atoms with Crippen molar-refractivity contribution in [3.63, 3.8) is 0 Å². The number of fused-ring (bicyclic) bond motifs is 2. The van der Waals surface area contributed by atoms with Crippen LogP contribution in [0.3, 0.4) is 0 Å². The third kappa shape index (κ3) is 3.56. The molecule has 3 aromatic heterocycles. The molecular weight excluding hydrogens is 415 g/mol. The number of halogens is 1. The van der Waals surface area contributed by atoms with Crippen molar-refractivity contribution in [3.05, 3.63) is 47.8 Å². The van der Waals surface area contributed by atoms with Crippen LogP contribution in [0.15, 0.2) is 30.7 Å². The van der Waals surface area contributed by atoms with Gasteiger partial charge in [0.2, 0.25) is 15.9 Å². The fourth-order valence-corrected chi connectivity index (χ4v) is 3.15. The lowest BCUT2D eigenvalue weighted by molar-refractivity contribution is 0.187. The number of primary sulfonamides is 1. The highest BCUT2D eigenvalue weighted by atomic mass is 32.2. The predicted molar refractivity (Wildman–Crippen MR) is 107 cm³/mol. The van der Waals surface area contributed by atoms with Gasteiger partial charge in [-0.3, -0.25) is 0 Å². The first kappa shape index (κ1) is 20.1. The molecule has 4 N–H and O–H groups in total. The largest absolute Gasteiger partial charge is 0.434 e. The lowest BCUT2D eigenvalue weighted by Gasteiger charge is -2.11. The summed E-state index contributed by atoms with van der Waals surface area (Å²) in [5.41, 5.74) is 4.84. The number of nitrogens with one attached hydrogen (secondary N) is 2. The second-order valence-electron chi connectivity index (χ2n) is 6.82. The number of H-pyrrole nitrogens is 1. The van der Waals surface area contributed by atoms with E-state index in [9.17, 15) is 12.8 Å². The first-order valence-corrected chi connectivity index (χ1v) is 10.5. The van der Waals surface area contributed by atoms with Gasteiger partial charge in [-0.05, 0) is 39.0 Å². The number of benzene rings is 1. The molecule has 0 saturated carbocycles. The summed E-state index contributed by atoms with van der Waals surface area (Å²) in [7, 11) is -3.83. The van der Waals surface area contributed by atoms with E-state index in [1.165, 1.54) is 30.0 Å². The average molecular weight is 434 g/mol. The van der Waals surface area contributed by atoms with Crippen LogP contribution in [0.2, 0.25) is 0 Å².